The molecule has 1 aliphatic rings. The van der Waals surface area contributed by atoms with E-state index in [0.29, 0.717) is 24.5 Å². The van der Waals surface area contributed by atoms with Crippen LogP contribution in [0.2, 0.25) is 0 Å². The van der Waals surface area contributed by atoms with E-state index in [1.165, 1.54) is 40.7 Å². The van der Waals surface area contributed by atoms with Crippen LogP contribution in [0.1, 0.15) is 30.4 Å². The van der Waals surface area contributed by atoms with Crippen LogP contribution in [-0.2, 0) is 24.8 Å². The molecule has 0 atom stereocenters. The molecule has 3 aromatic rings. The average molecular weight is 542 g/mol. The molecule has 0 aromatic heterocycles. The molecule has 37 heavy (non-hydrogen) atoms. The first-order valence-electron chi connectivity index (χ1n) is 12.1. The topological polar surface area (TPSA) is 104 Å². The molecule has 0 radical (unpaired) electrons. The van der Waals surface area contributed by atoms with Crippen LogP contribution >= 0.6 is 0 Å². The number of aryl methyl sites for hydroxylation is 2. The molecule has 8 nitrogen and oxygen atoms in total. The van der Waals surface area contributed by atoms with Gasteiger partial charge in [0, 0.05) is 18.8 Å². The fourth-order valence-corrected chi connectivity index (χ4v) is 7.16. The number of carbonyl (C=O) groups is 1. The minimum atomic E-state index is -4.02. The number of carbonyl (C=O) groups excluding carboxylic acids is 1. The molecule has 1 N–H and O–H groups in total. The third-order valence-electron chi connectivity index (χ3n) is 6.49. The van der Waals surface area contributed by atoms with E-state index in [-0.39, 0.29) is 9.79 Å². The molecule has 1 amide bonds. The number of rotatable bonds is 8. The molecule has 1 aliphatic heterocycles. The second-order valence-corrected chi connectivity index (χ2v) is 12.9. The van der Waals surface area contributed by atoms with E-state index >= 15 is 0 Å². The van der Waals surface area contributed by atoms with Gasteiger partial charge in [-0.1, -0.05) is 30.7 Å². The summed E-state index contributed by atoms with van der Waals surface area (Å²) in [5.41, 5.74) is 2.66. The maximum atomic E-state index is 13.5. The lowest BCUT2D eigenvalue weighted by molar-refractivity contribution is -0.114. The summed E-state index contributed by atoms with van der Waals surface area (Å²) in [6.07, 6.45) is 2.71. The molecule has 1 saturated heterocycles. The minimum absolute atomic E-state index is 0.0771. The van der Waals surface area contributed by atoms with E-state index in [9.17, 15) is 21.6 Å². The fraction of sp³-hybridized carbons (Fsp3) is 0.296. The van der Waals surface area contributed by atoms with Crippen LogP contribution in [0.4, 0.5) is 11.4 Å². The van der Waals surface area contributed by atoms with Crippen molar-refractivity contribution in [3.8, 4) is 0 Å². The van der Waals surface area contributed by atoms with Crippen molar-refractivity contribution >= 4 is 37.3 Å². The number of amides is 1. The molecule has 0 aliphatic carbocycles. The van der Waals surface area contributed by atoms with Crippen molar-refractivity contribution in [2.45, 2.75) is 42.9 Å². The third-order valence-corrected chi connectivity index (χ3v) is 10.2. The highest BCUT2D eigenvalue weighted by Crippen LogP contribution is 2.26. The van der Waals surface area contributed by atoms with Gasteiger partial charge in [0.15, 0.2) is 0 Å². The summed E-state index contributed by atoms with van der Waals surface area (Å²) in [4.78, 5) is 13.3. The standard InChI is InChI=1S/C27H31N3O5S2/c1-21-11-14-24(19-22(21)2)30(37(34,35)25-9-5-3-6-10-25)20-27(31)28-23-12-15-26(16-13-23)36(32,33)29-17-7-4-8-18-29/h3,5-6,9-16,19H,4,7-8,17-18,20H2,1-2H3,(H,28,31). The van der Waals surface area contributed by atoms with Crippen molar-refractivity contribution in [3.63, 3.8) is 0 Å². The van der Waals surface area contributed by atoms with Gasteiger partial charge in [-0.15, -0.1) is 0 Å². The van der Waals surface area contributed by atoms with Gasteiger partial charge in [0.05, 0.1) is 15.5 Å². The summed E-state index contributed by atoms with van der Waals surface area (Å²) in [5.74, 6) is -0.552. The number of nitrogens with zero attached hydrogens (tertiary/aromatic N) is 2. The fourth-order valence-electron chi connectivity index (χ4n) is 4.21. The first kappa shape index (κ1) is 26.8. The van der Waals surface area contributed by atoms with Crippen LogP contribution in [-0.4, -0.2) is 46.7 Å². The second-order valence-electron chi connectivity index (χ2n) is 9.13. The van der Waals surface area contributed by atoms with Gasteiger partial charge in [-0.05, 0) is 86.3 Å². The lowest BCUT2D eigenvalue weighted by atomic mass is 10.1. The second kappa shape index (κ2) is 11.0. The van der Waals surface area contributed by atoms with Gasteiger partial charge >= 0.3 is 0 Å². The van der Waals surface area contributed by atoms with E-state index in [1.807, 2.05) is 19.9 Å². The molecule has 0 saturated carbocycles. The van der Waals surface area contributed by atoms with Gasteiger partial charge < -0.3 is 5.32 Å². The molecule has 196 valence electrons. The molecule has 1 heterocycles. The zero-order valence-electron chi connectivity index (χ0n) is 20.9. The van der Waals surface area contributed by atoms with E-state index < -0.39 is 32.5 Å². The number of piperidine rings is 1. The number of sulfonamides is 2. The number of hydrogen-bond donors (Lipinski definition) is 1. The third kappa shape index (κ3) is 6.03. The lowest BCUT2D eigenvalue weighted by Crippen LogP contribution is -2.38. The Morgan fingerprint density at radius 3 is 2.08 bits per heavy atom. The van der Waals surface area contributed by atoms with Crippen LogP contribution in [0.15, 0.2) is 82.6 Å². The summed E-state index contributed by atoms with van der Waals surface area (Å²) in [5, 5.41) is 2.70. The van der Waals surface area contributed by atoms with E-state index in [1.54, 1.807) is 30.3 Å². The lowest BCUT2D eigenvalue weighted by Gasteiger charge is -2.26. The largest absolute Gasteiger partial charge is 0.325 e. The monoisotopic (exact) mass is 541 g/mol. The van der Waals surface area contributed by atoms with Crippen molar-refractivity contribution in [2.24, 2.45) is 0 Å². The van der Waals surface area contributed by atoms with Crippen molar-refractivity contribution < 1.29 is 21.6 Å². The van der Waals surface area contributed by atoms with Crippen LogP contribution in [0.5, 0.6) is 0 Å². The van der Waals surface area contributed by atoms with E-state index in [4.69, 9.17) is 0 Å². The smallest absolute Gasteiger partial charge is 0.264 e. The molecular formula is C27H31N3O5S2. The molecule has 1 fully saturated rings. The van der Waals surface area contributed by atoms with Gasteiger partial charge in [-0.3, -0.25) is 9.10 Å². The van der Waals surface area contributed by atoms with Gasteiger partial charge in [-0.2, -0.15) is 4.31 Å². The average Bonchev–Trinajstić information content (AvgIpc) is 2.90. The summed E-state index contributed by atoms with van der Waals surface area (Å²) in [6.45, 7) is 4.37. The Balaban J connectivity index is 1.55. The summed E-state index contributed by atoms with van der Waals surface area (Å²) >= 11 is 0. The zero-order valence-corrected chi connectivity index (χ0v) is 22.6. The molecular weight excluding hydrogens is 510 g/mol. The Kier molecular flexibility index (Phi) is 8.01. The van der Waals surface area contributed by atoms with Crippen molar-refractivity contribution in [1.29, 1.82) is 0 Å². The quantitative estimate of drug-likeness (QED) is 0.458. The van der Waals surface area contributed by atoms with Gasteiger partial charge in [0.1, 0.15) is 6.54 Å². The first-order valence-corrected chi connectivity index (χ1v) is 15.0. The number of hydrogen-bond acceptors (Lipinski definition) is 5. The number of benzene rings is 3. The predicted octanol–water partition coefficient (Wildman–Crippen LogP) is 4.31. The summed E-state index contributed by atoms with van der Waals surface area (Å²) < 4.78 is 55.3. The normalized spacial score (nSPS) is 14.8. The van der Waals surface area contributed by atoms with Gasteiger partial charge in [-0.25, -0.2) is 16.8 Å². The zero-order chi connectivity index (χ0) is 26.6. The SMILES string of the molecule is Cc1ccc(N(CC(=O)Nc2ccc(S(=O)(=O)N3CCCCC3)cc2)S(=O)(=O)c2ccccc2)cc1C. The summed E-state index contributed by atoms with van der Waals surface area (Å²) in [7, 11) is -7.61. The summed E-state index contributed by atoms with van der Waals surface area (Å²) in [6, 6.07) is 19.1. The highest BCUT2D eigenvalue weighted by atomic mass is 32.2. The molecule has 0 bridgehead atoms. The van der Waals surface area contributed by atoms with Crippen LogP contribution in [0.25, 0.3) is 0 Å². The van der Waals surface area contributed by atoms with E-state index in [0.717, 1.165) is 34.7 Å². The molecule has 3 aromatic carbocycles. The van der Waals surface area contributed by atoms with Crippen LogP contribution in [0, 0.1) is 13.8 Å². The molecule has 0 unspecified atom stereocenters. The first-order chi connectivity index (χ1) is 17.6. The van der Waals surface area contributed by atoms with Crippen LogP contribution in [0.3, 0.4) is 0 Å². The highest BCUT2D eigenvalue weighted by Gasteiger charge is 2.28. The number of nitrogens with one attached hydrogen (secondary N) is 1. The Hall–Kier alpha value is -3.21. The maximum Gasteiger partial charge on any atom is 0.264 e. The van der Waals surface area contributed by atoms with Gasteiger partial charge in [0.2, 0.25) is 15.9 Å². The predicted molar refractivity (Wildman–Crippen MR) is 145 cm³/mol. The molecule has 4 rings (SSSR count). The van der Waals surface area contributed by atoms with Crippen LogP contribution < -0.4 is 9.62 Å². The highest BCUT2D eigenvalue weighted by molar-refractivity contribution is 7.92. The Morgan fingerprint density at radius 1 is 0.811 bits per heavy atom. The Bertz CT molecular complexity index is 1470. The number of anilines is 2. The van der Waals surface area contributed by atoms with Gasteiger partial charge in [0.25, 0.3) is 10.0 Å². The van der Waals surface area contributed by atoms with E-state index in [2.05, 4.69) is 5.32 Å². The Morgan fingerprint density at radius 2 is 1.46 bits per heavy atom. The maximum absolute atomic E-state index is 13.5. The van der Waals surface area contributed by atoms with Crippen molar-refractivity contribution in [3.05, 3.63) is 83.9 Å². The molecule has 0 spiro atoms. The van der Waals surface area contributed by atoms with Crippen molar-refractivity contribution in [2.75, 3.05) is 29.3 Å². The minimum Gasteiger partial charge on any atom is -0.325 e. The Labute approximate surface area is 219 Å². The van der Waals surface area contributed by atoms with Crippen molar-refractivity contribution in [1.82, 2.24) is 4.31 Å². The molecule has 10 heteroatoms.